The molecular weight excluding hydrogens is 352 g/mol. The van der Waals surface area contributed by atoms with Gasteiger partial charge >= 0.3 is 0 Å². The maximum Gasteiger partial charge on any atom is 0.244 e. The number of ether oxygens (including phenoxy) is 3. The van der Waals surface area contributed by atoms with Crippen LogP contribution in [0.3, 0.4) is 0 Å². The lowest BCUT2D eigenvalue weighted by Crippen LogP contribution is -2.47. The zero-order chi connectivity index (χ0) is 16.8. The van der Waals surface area contributed by atoms with Gasteiger partial charge in [0, 0.05) is 36.4 Å². The van der Waals surface area contributed by atoms with Gasteiger partial charge in [0.2, 0.25) is 5.91 Å². The number of methoxy groups -OCH3 is 1. The Balaban J connectivity index is 2.23. The van der Waals surface area contributed by atoms with Crippen molar-refractivity contribution < 1.29 is 19.0 Å². The van der Waals surface area contributed by atoms with Crippen LogP contribution in [-0.4, -0.2) is 72.6 Å². The first kappa shape index (κ1) is 19.8. The lowest BCUT2D eigenvalue weighted by molar-refractivity contribution is -0.133. The molecule has 0 spiro atoms. The van der Waals surface area contributed by atoms with E-state index in [9.17, 15) is 4.79 Å². The SMILES string of the molecule is COCCOCCOCCCN1C(=O)C(C)(C)N(Br)C1(C)C. The van der Waals surface area contributed by atoms with E-state index in [1.54, 1.807) is 7.11 Å². The number of amides is 1. The normalized spacial score (nSPS) is 20.8. The Morgan fingerprint density at radius 3 is 2.05 bits per heavy atom. The Bertz CT molecular complexity index is 363. The van der Waals surface area contributed by atoms with Gasteiger partial charge in [0.05, 0.1) is 26.4 Å². The van der Waals surface area contributed by atoms with E-state index < -0.39 is 5.54 Å². The molecule has 1 aliphatic heterocycles. The molecule has 0 aliphatic carbocycles. The van der Waals surface area contributed by atoms with Crippen LogP contribution in [0, 0.1) is 0 Å². The molecule has 22 heavy (non-hydrogen) atoms. The van der Waals surface area contributed by atoms with Gasteiger partial charge in [-0.1, -0.05) is 0 Å². The van der Waals surface area contributed by atoms with E-state index in [1.807, 2.05) is 36.5 Å². The van der Waals surface area contributed by atoms with E-state index in [0.29, 0.717) is 39.6 Å². The number of carbonyl (C=O) groups excluding carboxylic acids is 1. The number of hydrogen-bond donors (Lipinski definition) is 0. The highest BCUT2D eigenvalue weighted by atomic mass is 79.9. The fourth-order valence-electron chi connectivity index (χ4n) is 2.62. The quantitative estimate of drug-likeness (QED) is 0.428. The van der Waals surface area contributed by atoms with E-state index in [0.717, 1.165) is 6.42 Å². The smallest absolute Gasteiger partial charge is 0.244 e. The van der Waals surface area contributed by atoms with E-state index in [2.05, 4.69) is 16.1 Å². The second-order valence-corrected chi connectivity index (χ2v) is 7.07. The molecule has 0 radical (unpaired) electrons. The number of hydrogen-bond acceptors (Lipinski definition) is 5. The highest BCUT2D eigenvalue weighted by Gasteiger charge is 2.55. The van der Waals surface area contributed by atoms with Crippen LogP contribution in [0.1, 0.15) is 34.1 Å². The molecule has 1 heterocycles. The van der Waals surface area contributed by atoms with Crippen molar-refractivity contribution in [2.24, 2.45) is 0 Å². The van der Waals surface area contributed by atoms with Gasteiger partial charge in [-0.15, -0.1) is 0 Å². The van der Waals surface area contributed by atoms with Crippen LogP contribution in [0.15, 0.2) is 0 Å². The van der Waals surface area contributed by atoms with Crippen molar-refractivity contribution in [3.05, 3.63) is 0 Å². The van der Waals surface area contributed by atoms with Gasteiger partial charge in [0.1, 0.15) is 11.2 Å². The molecule has 0 aromatic rings. The summed E-state index contributed by atoms with van der Waals surface area (Å²) < 4.78 is 17.7. The number of nitrogens with zero attached hydrogens (tertiary/aromatic N) is 2. The lowest BCUT2D eigenvalue weighted by Gasteiger charge is -2.35. The van der Waals surface area contributed by atoms with Crippen molar-refractivity contribution in [1.82, 2.24) is 8.83 Å². The summed E-state index contributed by atoms with van der Waals surface area (Å²) in [6, 6.07) is 0. The standard InChI is InChI=1S/C15H29BrN2O4/c1-14(2)13(19)17(15(3,4)18(14)16)7-6-8-21-11-12-22-10-9-20-5/h6-12H2,1-5H3. The highest BCUT2D eigenvalue weighted by molar-refractivity contribution is 9.07. The maximum atomic E-state index is 12.5. The minimum Gasteiger partial charge on any atom is -0.382 e. The van der Waals surface area contributed by atoms with Crippen LogP contribution in [0.25, 0.3) is 0 Å². The third-order valence-electron chi connectivity index (χ3n) is 3.87. The molecule has 6 nitrogen and oxygen atoms in total. The summed E-state index contributed by atoms with van der Waals surface area (Å²) in [5.74, 6) is 0.136. The number of rotatable bonds is 10. The van der Waals surface area contributed by atoms with Crippen LogP contribution in [0.4, 0.5) is 0 Å². The molecule has 130 valence electrons. The topological polar surface area (TPSA) is 51.2 Å². The number of carbonyl (C=O) groups is 1. The zero-order valence-electron chi connectivity index (χ0n) is 14.4. The average molecular weight is 381 g/mol. The second kappa shape index (κ2) is 8.59. The van der Waals surface area contributed by atoms with Gasteiger partial charge in [0.15, 0.2) is 0 Å². The third-order valence-corrected chi connectivity index (χ3v) is 5.63. The first-order valence-electron chi connectivity index (χ1n) is 7.69. The van der Waals surface area contributed by atoms with E-state index in [4.69, 9.17) is 14.2 Å². The van der Waals surface area contributed by atoms with Crippen LogP contribution < -0.4 is 0 Å². The molecule has 0 atom stereocenters. The molecule has 1 fully saturated rings. The van der Waals surface area contributed by atoms with E-state index >= 15 is 0 Å². The predicted octanol–water partition coefficient (Wildman–Crippen LogP) is 2.02. The molecule has 1 aliphatic rings. The largest absolute Gasteiger partial charge is 0.382 e. The van der Waals surface area contributed by atoms with Crippen molar-refractivity contribution in [2.45, 2.75) is 45.3 Å². The van der Waals surface area contributed by atoms with Gasteiger partial charge in [-0.25, -0.2) is 3.93 Å². The molecule has 0 aromatic carbocycles. The second-order valence-electron chi connectivity index (χ2n) is 6.36. The Hall–Kier alpha value is -0.210. The molecule has 0 N–H and O–H groups in total. The molecule has 1 saturated heterocycles. The zero-order valence-corrected chi connectivity index (χ0v) is 15.9. The minimum absolute atomic E-state index is 0.136. The van der Waals surface area contributed by atoms with E-state index in [-0.39, 0.29) is 11.6 Å². The fraction of sp³-hybridized carbons (Fsp3) is 0.933. The summed E-state index contributed by atoms with van der Waals surface area (Å²) in [5, 5.41) is 0. The van der Waals surface area contributed by atoms with Gasteiger partial charge in [-0.05, 0) is 34.1 Å². The summed E-state index contributed by atoms with van der Waals surface area (Å²) in [6.45, 7) is 11.6. The number of halogens is 1. The van der Waals surface area contributed by atoms with Crippen LogP contribution >= 0.6 is 16.1 Å². The molecular formula is C15H29BrN2O4. The lowest BCUT2D eigenvalue weighted by atomic mass is 10.1. The Morgan fingerprint density at radius 1 is 1.00 bits per heavy atom. The van der Waals surface area contributed by atoms with Crippen molar-refractivity contribution in [3.63, 3.8) is 0 Å². The monoisotopic (exact) mass is 380 g/mol. The molecule has 0 saturated carbocycles. The summed E-state index contributed by atoms with van der Waals surface area (Å²) in [6.07, 6.45) is 0.810. The molecule has 1 amide bonds. The molecule has 0 aromatic heterocycles. The Kier molecular flexibility index (Phi) is 7.74. The first-order chi connectivity index (χ1) is 10.3. The Morgan fingerprint density at radius 2 is 1.55 bits per heavy atom. The molecule has 7 heteroatoms. The van der Waals surface area contributed by atoms with Crippen molar-refractivity contribution in [1.29, 1.82) is 0 Å². The summed E-state index contributed by atoms with van der Waals surface area (Å²) in [4.78, 5) is 14.4. The first-order valence-corrected chi connectivity index (χ1v) is 8.39. The van der Waals surface area contributed by atoms with Crippen LogP contribution in [0.2, 0.25) is 0 Å². The highest BCUT2D eigenvalue weighted by Crippen LogP contribution is 2.40. The molecule has 1 rings (SSSR count). The van der Waals surface area contributed by atoms with Crippen LogP contribution in [0.5, 0.6) is 0 Å². The van der Waals surface area contributed by atoms with Crippen molar-refractivity contribution in [2.75, 3.05) is 46.7 Å². The van der Waals surface area contributed by atoms with Crippen molar-refractivity contribution in [3.8, 4) is 0 Å². The fourth-order valence-corrected chi connectivity index (χ4v) is 2.96. The molecule has 0 unspecified atom stereocenters. The van der Waals surface area contributed by atoms with Gasteiger partial charge < -0.3 is 19.1 Å². The summed E-state index contributed by atoms with van der Waals surface area (Å²) in [5.41, 5.74) is -0.872. The van der Waals surface area contributed by atoms with E-state index in [1.165, 1.54) is 0 Å². The summed E-state index contributed by atoms with van der Waals surface area (Å²) in [7, 11) is 1.65. The average Bonchev–Trinajstić information content (AvgIpc) is 2.57. The van der Waals surface area contributed by atoms with Gasteiger partial charge in [0.25, 0.3) is 0 Å². The van der Waals surface area contributed by atoms with Gasteiger partial charge in [-0.3, -0.25) is 4.79 Å². The van der Waals surface area contributed by atoms with Crippen molar-refractivity contribution >= 4 is 22.1 Å². The molecule has 0 bridgehead atoms. The summed E-state index contributed by atoms with van der Waals surface area (Å²) >= 11 is 3.54. The third kappa shape index (κ3) is 4.64. The van der Waals surface area contributed by atoms with Crippen LogP contribution in [-0.2, 0) is 19.0 Å². The predicted molar refractivity (Wildman–Crippen MR) is 88.8 cm³/mol. The maximum absolute atomic E-state index is 12.5. The minimum atomic E-state index is -0.528. The van der Waals surface area contributed by atoms with Gasteiger partial charge in [-0.2, -0.15) is 0 Å². The Labute approximate surface area is 142 Å².